The van der Waals surface area contributed by atoms with Gasteiger partial charge in [-0.15, -0.1) is 0 Å². The molecule has 1 aromatic heterocycles. The number of fused-ring (bicyclic) bond motifs is 2. The lowest BCUT2D eigenvalue weighted by atomic mass is 9.78. The molecule has 9 nitrogen and oxygen atoms in total. The number of likely N-dealkylation sites (tertiary alicyclic amines) is 1. The van der Waals surface area contributed by atoms with E-state index in [1.165, 1.54) is 29.2 Å². The predicted octanol–water partition coefficient (Wildman–Crippen LogP) is 2.93. The topological polar surface area (TPSA) is 88.9 Å². The van der Waals surface area contributed by atoms with Gasteiger partial charge in [0.2, 0.25) is 5.91 Å². The number of ether oxygens (including phenoxy) is 2. The highest BCUT2D eigenvalue weighted by atomic mass is 19.4. The number of halogens is 3. The van der Waals surface area contributed by atoms with Crippen LogP contribution in [-0.4, -0.2) is 89.4 Å². The van der Waals surface area contributed by atoms with E-state index in [1.807, 2.05) is 0 Å². The second-order valence-electron chi connectivity index (χ2n) is 11.5. The second-order valence-corrected chi connectivity index (χ2v) is 11.5. The SMILES string of the molecule is CO[C@@H]1COCC[C@@H]1N[C@@H]1C[C@H]2CN(C(=O)n3ccnc3)C[C@@]2(C(=O)N2CCc3ccc(C(F)(F)F)cc3C2)C1. The van der Waals surface area contributed by atoms with Crippen LogP contribution in [0.25, 0.3) is 0 Å². The smallest absolute Gasteiger partial charge is 0.379 e. The lowest BCUT2D eigenvalue weighted by molar-refractivity contribution is -0.143. The lowest BCUT2D eigenvalue weighted by Gasteiger charge is -2.38. The van der Waals surface area contributed by atoms with Crippen LogP contribution in [0.4, 0.5) is 18.0 Å². The van der Waals surface area contributed by atoms with E-state index < -0.39 is 17.2 Å². The zero-order chi connectivity index (χ0) is 28.1. The van der Waals surface area contributed by atoms with Gasteiger partial charge in [0, 0.05) is 64.4 Å². The first kappa shape index (κ1) is 27.2. The molecule has 1 aliphatic carbocycles. The molecule has 0 radical (unpaired) electrons. The van der Waals surface area contributed by atoms with Crippen molar-refractivity contribution in [3.8, 4) is 0 Å². The highest BCUT2D eigenvalue weighted by Gasteiger charge is 2.60. The van der Waals surface area contributed by atoms with Crippen molar-refractivity contribution >= 4 is 11.9 Å². The number of amides is 2. The summed E-state index contributed by atoms with van der Waals surface area (Å²) in [5.41, 5.74) is -0.153. The standard InChI is InChI=1S/C28H34F3N5O4/c1-39-24-15-40-9-5-23(24)33-22-11-21-14-36(26(38)35-8-6-32-17-35)16-27(21,12-22)25(37)34-7-4-18-2-3-20(28(29,30)31)10-19(18)13-34/h2-3,6,8,10,17,21-24,33H,4-5,7,9,11-16H2,1H3/t21-,22+,23-,24+,27-/m0/s1. The summed E-state index contributed by atoms with van der Waals surface area (Å²) in [7, 11) is 1.67. The van der Waals surface area contributed by atoms with Gasteiger partial charge in [-0.1, -0.05) is 6.07 Å². The summed E-state index contributed by atoms with van der Waals surface area (Å²) in [6, 6.07) is 3.72. The fraction of sp³-hybridized carbons (Fsp3) is 0.607. The van der Waals surface area contributed by atoms with Gasteiger partial charge in [-0.25, -0.2) is 9.78 Å². The van der Waals surface area contributed by atoms with Crippen molar-refractivity contribution in [2.75, 3.05) is 40.0 Å². The third kappa shape index (κ3) is 4.90. The van der Waals surface area contributed by atoms with E-state index in [1.54, 1.807) is 23.1 Å². The van der Waals surface area contributed by atoms with Gasteiger partial charge in [0.25, 0.3) is 0 Å². The molecule has 6 rings (SSSR count). The molecule has 12 heteroatoms. The van der Waals surface area contributed by atoms with E-state index in [-0.39, 0.29) is 49.1 Å². The summed E-state index contributed by atoms with van der Waals surface area (Å²) in [5, 5.41) is 3.72. The zero-order valence-electron chi connectivity index (χ0n) is 22.4. The molecule has 0 bridgehead atoms. The van der Waals surface area contributed by atoms with Gasteiger partial charge in [-0.3, -0.25) is 9.36 Å². The van der Waals surface area contributed by atoms with E-state index in [4.69, 9.17) is 9.47 Å². The summed E-state index contributed by atoms with van der Waals surface area (Å²) in [5.74, 6) is -0.158. The fourth-order valence-electron chi connectivity index (χ4n) is 7.17. The number of rotatable bonds is 4. The van der Waals surface area contributed by atoms with E-state index >= 15 is 0 Å². The van der Waals surface area contributed by atoms with E-state index in [0.29, 0.717) is 44.7 Å². The van der Waals surface area contributed by atoms with Gasteiger partial charge in [0.15, 0.2) is 0 Å². The average Bonchev–Trinajstić information content (AvgIpc) is 3.67. The molecule has 3 fully saturated rings. The zero-order valence-corrected chi connectivity index (χ0v) is 22.4. The Morgan fingerprint density at radius 2 is 2.08 bits per heavy atom. The largest absolute Gasteiger partial charge is 0.416 e. The van der Waals surface area contributed by atoms with Gasteiger partial charge in [-0.05, 0) is 54.9 Å². The quantitative estimate of drug-likeness (QED) is 0.618. The van der Waals surface area contributed by atoms with Gasteiger partial charge in [0.1, 0.15) is 6.33 Å². The Labute approximate surface area is 230 Å². The molecule has 2 amide bonds. The van der Waals surface area contributed by atoms with Crippen molar-refractivity contribution in [1.82, 2.24) is 24.7 Å². The molecule has 4 heterocycles. The molecule has 5 atom stereocenters. The van der Waals surface area contributed by atoms with Gasteiger partial charge < -0.3 is 24.6 Å². The van der Waals surface area contributed by atoms with E-state index in [2.05, 4.69) is 10.3 Å². The molecule has 1 saturated carbocycles. The summed E-state index contributed by atoms with van der Waals surface area (Å²) in [6.07, 6.45) is 2.61. The summed E-state index contributed by atoms with van der Waals surface area (Å²) >= 11 is 0. The van der Waals surface area contributed by atoms with Crippen LogP contribution in [0.15, 0.2) is 36.9 Å². The van der Waals surface area contributed by atoms with Crippen LogP contribution in [0, 0.1) is 11.3 Å². The minimum Gasteiger partial charge on any atom is -0.379 e. The second kappa shape index (κ2) is 10.5. The number of methoxy groups -OCH3 is 1. The van der Waals surface area contributed by atoms with Crippen molar-refractivity contribution in [1.29, 1.82) is 0 Å². The monoisotopic (exact) mass is 561 g/mol. The maximum absolute atomic E-state index is 14.4. The molecule has 0 unspecified atom stereocenters. The molecule has 4 aliphatic rings. The molecule has 2 aromatic rings. The number of hydrogen-bond donors (Lipinski definition) is 1. The molecular formula is C28H34F3N5O4. The Morgan fingerprint density at radius 1 is 1.23 bits per heavy atom. The van der Waals surface area contributed by atoms with Crippen LogP contribution in [0.1, 0.15) is 36.0 Å². The summed E-state index contributed by atoms with van der Waals surface area (Å²) in [4.78, 5) is 35.0. The highest BCUT2D eigenvalue weighted by molar-refractivity contribution is 5.87. The first-order valence-electron chi connectivity index (χ1n) is 13.8. The number of aromatic nitrogens is 2. The number of carbonyl (C=O) groups is 2. The van der Waals surface area contributed by atoms with Gasteiger partial charge in [-0.2, -0.15) is 13.2 Å². The molecule has 40 heavy (non-hydrogen) atoms. The lowest BCUT2D eigenvalue weighted by Crippen LogP contribution is -2.52. The van der Waals surface area contributed by atoms with Crippen molar-refractivity contribution in [3.05, 3.63) is 53.6 Å². The van der Waals surface area contributed by atoms with Crippen LogP contribution in [-0.2, 0) is 33.4 Å². The van der Waals surface area contributed by atoms with Crippen molar-refractivity contribution < 1.29 is 32.2 Å². The van der Waals surface area contributed by atoms with Crippen LogP contribution in [0.2, 0.25) is 0 Å². The van der Waals surface area contributed by atoms with Crippen molar-refractivity contribution in [2.45, 2.75) is 56.6 Å². The molecule has 1 N–H and O–H groups in total. The number of alkyl halides is 3. The molecule has 2 saturated heterocycles. The van der Waals surface area contributed by atoms with Crippen LogP contribution < -0.4 is 5.32 Å². The maximum Gasteiger partial charge on any atom is 0.416 e. The summed E-state index contributed by atoms with van der Waals surface area (Å²) < 4.78 is 52.8. The van der Waals surface area contributed by atoms with Crippen LogP contribution in [0.5, 0.6) is 0 Å². The fourth-order valence-corrected chi connectivity index (χ4v) is 7.17. The summed E-state index contributed by atoms with van der Waals surface area (Å²) in [6.45, 7) is 2.41. The number of imidazole rings is 1. The molecule has 3 aliphatic heterocycles. The Hall–Kier alpha value is -2.96. The Morgan fingerprint density at radius 3 is 2.83 bits per heavy atom. The minimum atomic E-state index is -4.45. The number of benzene rings is 1. The first-order valence-corrected chi connectivity index (χ1v) is 13.8. The Kier molecular flexibility index (Phi) is 7.12. The molecule has 1 aromatic carbocycles. The van der Waals surface area contributed by atoms with Crippen LogP contribution in [0.3, 0.4) is 0 Å². The normalized spacial score (nSPS) is 30.3. The number of carbonyl (C=O) groups excluding carboxylic acids is 2. The highest BCUT2D eigenvalue weighted by Crippen LogP contribution is 2.51. The number of hydrogen-bond acceptors (Lipinski definition) is 6. The first-order chi connectivity index (χ1) is 19.2. The average molecular weight is 562 g/mol. The maximum atomic E-state index is 14.4. The van der Waals surface area contributed by atoms with Crippen LogP contribution >= 0.6 is 0 Å². The molecular weight excluding hydrogens is 527 g/mol. The molecule has 216 valence electrons. The van der Waals surface area contributed by atoms with E-state index in [0.717, 1.165) is 24.5 Å². The van der Waals surface area contributed by atoms with Crippen molar-refractivity contribution in [2.24, 2.45) is 11.3 Å². The minimum absolute atomic E-state index is 0.0501. The third-order valence-corrected chi connectivity index (χ3v) is 9.19. The third-order valence-electron chi connectivity index (χ3n) is 9.19. The Bertz CT molecular complexity index is 1260. The van der Waals surface area contributed by atoms with E-state index in [9.17, 15) is 22.8 Å². The van der Waals surface area contributed by atoms with Crippen molar-refractivity contribution in [3.63, 3.8) is 0 Å². The number of nitrogens with one attached hydrogen (secondary N) is 1. The predicted molar refractivity (Wildman–Crippen MR) is 137 cm³/mol. The Balaban J connectivity index is 1.25. The van der Waals surface area contributed by atoms with Gasteiger partial charge in [0.05, 0.1) is 23.7 Å². The van der Waals surface area contributed by atoms with Gasteiger partial charge >= 0.3 is 12.2 Å². The number of nitrogens with zero attached hydrogens (tertiary/aromatic N) is 4. The molecule has 0 spiro atoms.